The van der Waals surface area contributed by atoms with Crippen molar-refractivity contribution >= 4 is 17.7 Å². The summed E-state index contributed by atoms with van der Waals surface area (Å²) in [7, 11) is 0. The van der Waals surface area contributed by atoms with Gasteiger partial charge < -0.3 is 9.88 Å². The monoisotopic (exact) mass is 386 g/mol. The van der Waals surface area contributed by atoms with E-state index >= 15 is 0 Å². The fraction of sp³-hybridized carbons (Fsp3) is 0.571. The van der Waals surface area contributed by atoms with Crippen LogP contribution in [0.4, 0.5) is 0 Å². The van der Waals surface area contributed by atoms with Gasteiger partial charge in [-0.1, -0.05) is 67.8 Å². The average molecular weight is 387 g/mol. The van der Waals surface area contributed by atoms with E-state index in [9.17, 15) is 4.79 Å². The first-order chi connectivity index (χ1) is 13.3. The Kier molecular flexibility index (Phi) is 7.75. The molecule has 0 radical (unpaired) electrons. The van der Waals surface area contributed by atoms with Crippen molar-refractivity contribution in [3.63, 3.8) is 0 Å². The molecule has 1 fully saturated rings. The number of nitrogens with zero attached hydrogens (tertiary/aromatic N) is 3. The molecule has 27 heavy (non-hydrogen) atoms. The Labute approximate surface area is 166 Å². The number of benzene rings is 1. The van der Waals surface area contributed by atoms with E-state index in [1.165, 1.54) is 43.0 Å². The zero-order valence-electron chi connectivity index (χ0n) is 16.2. The molecule has 1 heterocycles. The van der Waals surface area contributed by atoms with Gasteiger partial charge in [0.25, 0.3) is 0 Å². The highest BCUT2D eigenvalue weighted by Gasteiger charge is 2.17. The first kappa shape index (κ1) is 19.9. The fourth-order valence-corrected chi connectivity index (χ4v) is 4.48. The number of rotatable bonds is 8. The minimum absolute atomic E-state index is 0.114. The van der Waals surface area contributed by atoms with Crippen LogP contribution in [0.5, 0.6) is 0 Å². The van der Waals surface area contributed by atoms with E-state index in [2.05, 4.69) is 51.3 Å². The van der Waals surface area contributed by atoms with Gasteiger partial charge in [-0.25, -0.2) is 0 Å². The minimum atomic E-state index is 0.114. The first-order valence-corrected chi connectivity index (χ1v) is 11.1. The van der Waals surface area contributed by atoms with Gasteiger partial charge in [-0.05, 0) is 31.7 Å². The van der Waals surface area contributed by atoms with Crippen molar-refractivity contribution in [2.75, 3.05) is 5.75 Å². The Morgan fingerprint density at radius 3 is 2.56 bits per heavy atom. The highest BCUT2D eigenvalue weighted by Crippen LogP contribution is 2.20. The molecule has 1 aromatic heterocycles. The molecule has 0 unspecified atom stereocenters. The lowest BCUT2D eigenvalue weighted by Crippen LogP contribution is -2.35. The molecule has 5 nitrogen and oxygen atoms in total. The summed E-state index contributed by atoms with van der Waals surface area (Å²) in [6.07, 6.45) is 9.10. The van der Waals surface area contributed by atoms with Crippen LogP contribution in [0.3, 0.4) is 0 Å². The summed E-state index contributed by atoms with van der Waals surface area (Å²) in [6, 6.07) is 10.8. The summed E-state index contributed by atoms with van der Waals surface area (Å²) < 4.78 is 2.13. The summed E-state index contributed by atoms with van der Waals surface area (Å²) in [6.45, 7) is 2.93. The number of thioether (sulfide) groups is 1. The molecular formula is C21H30N4OS. The molecule has 0 bridgehead atoms. The van der Waals surface area contributed by atoms with Crippen LogP contribution in [0.1, 0.15) is 56.8 Å². The largest absolute Gasteiger partial charge is 0.353 e. The Bertz CT molecular complexity index is 708. The lowest BCUT2D eigenvalue weighted by molar-refractivity contribution is -0.119. The number of nitrogens with one attached hydrogen (secondary N) is 1. The van der Waals surface area contributed by atoms with Gasteiger partial charge in [0, 0.05) is 19.0 Å². The zero-order valence-corrected chi connectivity index (χ0v) is 17.0. The van der Waals surface area contributed by atoms with Crippen LogP contribution in [-0.2, 0) is 24.2 Å². The average Bonchev–Trinajstić information content (AvgIpc) is 2.91. The molecule has 0 aliphatic heterocycles. The second-order valence-corrected chi connectivity index (χ2v) is 8.12. The standard InChI is InChI=1S/C21H30N4OS/c1-2-25-19(15-14-17-10-6-5-7-11-17)23-24-21(25)27-16-20(26)22-18-12-8-3-4-9-13-18/h5-7,10-11,18H,2-4,8-9,12-16H2,1H3,(H,22,26). The molecule has 0 saturated heterocycles. The maximum atomic E-state index is 12.3. The van der Waals surface area contributed by atoms with Crippen molar-refractivity contribution in [1.82, 2.24) is 20.1 Å². The lowest BCUT2D eigenvalue weighted by atomic mass is 10.1. The number of carbonyl (C=O) groups is 1. The smallest absolute Gasteiger partial charge is 0.230 e. The molecule has 146 valence electrons. The van der Waals surface area contributed by atoms with Crippen LogP contribution in [0.15, 0.2) is 35.5 Å². The molecule has 1 aromatic carbocycles. The maximum Gasteiger partial charge on any atom is 0.230 e. The molecule has 0 atom stereocenters. The van der Waals surface area contributed by atoms with E-state index in [1.807, 2.05) is 6.07 Å². The van der Waals surface area contributed by atoms with Crippen LogP contribution >= 0.6 is 11.8 Å². The maximum absolute atomic E-state index is 12.3. The number of amides is 1. The quantitative estimate of drug-likeness (QED) is 0.550. The first-order valence-electron chi connectivity index (χ1n) is 10.1. The van der Waals surface area contributed by atoms with Crippen molar-refractivity contribution in [2.24, 2.45) is 0 Å². The van der Waals surface area contributed by atoms with Crippen molar-refractivity contribution in [3.8, 4) is 0 Å². The number of hydrogen-bond acceptors (Lipinski definition) is 4. The third-order valence-electron chi connectivity index (χ3n) is 5.14. The summed E-state index contributed by atoms with van der Waals surface area (Å²) in [5.41, 5.74) is 1.31. The molecule has 1 aliphatic rings. The third-order valence-corrected chi connectivity index (χ3v) is 6.11. The fourth-order valence-electron chi connectivity index (χ4n) is 3.65. The summed E-state index contributed by atoms with van der Waals surface area (Å²) in [4.78, 5) is 12.3. The molecule has 3 rings (SSSR count). The second kappa shape index (κ2) is 10.5. The van der Waals surface area contributed by atoms with Gasteiger partial charge in [0.1, 0.15) is 5.82 Å². The van der Waals surface area contributed by atoms with Crippen LogP contribution in [-0.4, -0.2) is 32.5 Å². The SMILES string of the molecule is CCn1c(CCc2ccccc2)nnc1SCC(=O)NC1CCCCCC1. The Morgan fingerprint density at radius 1 is 1.11 bits per heavy atom. The predicted octanol–water partition coefficient (Wildman–Crippen LogP) is 4.01. The predicted molar refractivity (Wildman–Crippen MR) is 110 cm³/mol. The van der Waals surface area contributed by atoms with Gasteiger partial charge in [-0.3, -0.25) is 4.79 Å². The summed E-state index contributed by atoms with van der Waals surface area (Å²) in [5.74, 6) is 1.52. The summed E-state index contributed by atoms with van der Waals surface area (Å²) >= 11 is 1.49. The summed E-state index contributed by atoms with van der Waals surface area (Å²) in [5, 5.41) is 12.7. The van der Waals surface area contributed by atoms with Gasteiger partial charge >= 0.3 is 0 Å². The van der Waals surface area contributed by atoms with E-state index in [0.29, 0.717) is 11.8 Å². The van der Waals surface area contributed by atoms with Gasteiger partial charge in [0.05, 0.1) is 5.75 Å². The minimum Gasteiger partial charge on any atom is -0.353 e. The van der Waals surface area contributed by atoms with E-state index in [1.54, 1.807) is 0 Å². The van der Waals surface area contributed by atoms with Crippen LogP contribution in [0.25, 0.3) is 0 Å². The topological polar surface area (TPSA) is 59.8 Å². The van der Waals surface area contributed by atoms with Gasteiger partial charge in [-0.15, -0.1) is 10.2 Å². The van der Waals surface area contributed by atoms with Crippen LogP contribution < -0.4 is 5.32 Å². The zero-order chi connectivity index (χ0) is 18.9. The Morgan fingerprint density at radius 2 is 1.85 bits per heavy atom. The van der Waals surface area contributed by atoms with E-state index < -0.39 is 0 Å². The molecule has 6 heteroatoms. The number of hydrogen-bond donors (Lipinski definition) is 1. The van der Waals surface area contributed by atoms with Crippen molar-refractivity contribution < 1.29 is 4.79 Å². The molecule has 2 aromatic rings. The van der Waals surface area contributed by atoms with E-state index in [4.69, 9.17) is 0 Å². The second-order valence-electron chi connectivity index (χ2n) is 7.17. The lowest BCUT2D eigenvalue weighted by Gasteiger charge is -2.16. The molecule has 1 saturated carbocycles. The normalized spacial score (nSPS) is 15.4. The van der Waals surface area contributed by atoms with Crippen molar-refractivity contribution in [1.29, 1.82) is 0 Å². The number of aryl methyl sites for hydroxylation is 2. The highest BCUT2D eigenvalue weighted by atomic mass is 32.2. The van der Waals surface area contributed by atoms with Gasteiger partial charge in [0.2, 0.25) is 5.91 Å². The van der Waals surface area contributed by atoms with Crippen molar-refractivity contribution in [3.05, 3.63) is 41.7 Å². The van der Waals surface area contributed by atoms with Gasteiger partial charge in [-0.2, -0.15) is 0 Å². The number of aromatic nitrogens is 3. The Balaban J connectivity index is 1.50. The van der Waals surface area contributed by atoms with E-state index in [0.717, 1.165) is 43.2 Å². The molecular weight excluding hydrogens is 356 g/mol. The van der Waals surface area contributed by atoms with E-state index in [-0.39, 0.29) is 5.91 Å². The number of carbonyl (C=O) groups excluding carboxylic acids is 1. The molecule has 1 amide bonds. The highest BCUT2D eigenvalue weighted by molar-refractivity contribution is 7.99. The van der Waals surface area contributed by atoms with Crippen molar-refractivity contribution in [2.45, 2.75) is 76.0 Å². The molecule has 1 aliphatic carbocycles. The van der Waals surface area contributed by atoms with Crippen LogP contribution in [0.2, 0.25) is 0 Å². The van der Waals surface area contributed by atoms with Gasteiger partial charge in [0.15, 0.2) is 5.16 Å². The molecule has 1 N–H and O–H groups in total. The Hall–Kier alpha value is -1.82. The molecule has 0 spiro atoms. The van der Waals surface area contributed by atoms with Crippen LogP contribution in [0, 0.1) is 0 Å². The third kappa shape index (κ3) is 6.09.